The number of carbonyl (C=O) groups is 1. The van der Waals surface area contributed by atoms with E-state index in [1.165, 1.54) is 18.2 Å². The van der Waals surface area contributed by atoms with Gasteiger partial charge in [0.15, 0.2) is 0 Å². The van der Waals surface area contributed by atoms with E-state index >= 15 is 0 Å². The first kappa shape index (κ1) is 10.2. The molecule has 1 N–H and O–H groups in total. The van der Waals surface area contributed by atoms with Crippen molar-refractivity contribution in [1.29, 1.82) is 0 Å². The Bertz CT molecular complexity index is 363. The van der Waals surface area contributed by atoms with Gasteiger partial charge in [-0.05, 0) is 13.0 Å². The summed E-state index contributed by atoms with van der Waals surface area (Å²) in [5, 5.41) is 13.1. The summed E-state index contributed by atoms with van der Waals surface area (Å²) in [5.74, 6) is -0.417. The number of nitro groups is 1. The molecule has 5 heteroatoms. The van der Waals surface area contributed by atoms with Crippen LogP contribution in [0.1, 0.15) is 17.3 Å². The lowest BCUT2D eigenvalue weighted by atomic mass is 10.1. The summed E-state index contributed by atoms with van der Waals surface area (Å²) in [4.78, 5) is 21.3. The summed E-state index contributed by atoms with van der Waals surface area (Å²) < 4.78 is 0. The Kier molecular flexibility index (Phi) is 3.17. The van der Waals surface area contributed by atoms with E-state index in [1.54, 1.807) is 13.0 Å². The Morgan fingerprint density at radius 2 is 2.14 bits per heavy atom. The minimum atomic E-state index is -0.565. The molecule has 0 aromatic heterocycles. The molecule has 0 saturated heterocycles. The predicted octanol–water partition coefficient (Wildman–Crippen LogP) is 1.34. The number of amides is 1. The molecule has 74 valence electrons. The summed E-state index contributed by atoms with van der Waals surface area (Å²) >= 11 is 0. The van der Waals surface area contributed by atoms with Crippen LogP contribution in [-0.4, -0.2) is 17.4 Å². The van der Waals surface area contributed by atoms with E-state index in [0.29, 0.717) is 6.54 Å². The molecule has 0 unspecified atom stereocenters. The molecule has 1 amide bonds. The molecule has 5 nitrogen and oxygen atoms in total. The first-order valence-electron chi connectivity index (χ1n) is 4.18. The van der Waals surface area contributed by atoms with Crippen LogP contribution in [0.25, 0.3) is 0 Å². The van der Waals surface area contributed by atoms with Crippen molar-refractivity contribution in [2.75, 3.05) is 6.54 Å². The van der Waals surface area contributed by atoms with E-state index in [0.717, 1.165) is 0 Å². The van der Waals surface area contributed by atoms with E-state index in [2.05, 4.69) is 5.32 Å². The van der Waals surface area contributed by atoms with Crippen LogP contribution < -0.4 is 5.32 Å². The third-order valence-corrected chi connectivity index (χ3v) is 1.68. The maximum Gasteiger partial charge on any atom is 0.282 e. The first-order valence-corrected chi connectivity index (χ1v) is 4.18. The molecular formula is C9H10N2O3. The van der Waals surface area contributed by atoms with Crippen LogP contribution in [0.5, 0.6) is 0 Å². The van der Waals surface area contributed by atoms with Gasteiger partial charge in [0.1, 0.15) is 5.56 Å². The highest BCUT2D eigenvalue weighted by Crippen LogP contribution is 2.16. The molecule has 0 aliphatic carbocycles. The van der Waals surface area contributed by atoms with E-state index in [1.807, 2.05) is 0 Å². The Morgan fingerprint density at radius 3 is 2.71 bits per heavy atom. The molecule has 0 fully saturated rings. The minimum absolute atomic E-state index is 0.0966. The average Bonchev–Trinajstić information content (AvgIpc) is 2.18. The lowest BCUT2D eigenvalue weighted by molar-refractivity contribution is -0.385. The zero-order valence-corrected chi connectivity index (χ0v) is 7.69. The van der Waals surface area contributed by atoms with Gasteiger partial charge in [0.2, 0.25) is 0 Å². The highest BCUT2D eigenvalue weighted by Gasteiger charge is 2.17. The number of benzene rings is 1. The van der Waals surface area contributed by atoms with Gasteiger partial charge < -0.3 is 5.32 Å². The number of nitrogens with one attached hydrogen (secondary N) is 1. The van der Waals surface area contributed by atoms with E-state index in [-0.39, 0.29) is 11.3 Å². The third-order valence-electron chi connectivity index (χ3n) is 1.68. The van der Waals surface area contributed by atoms with Crippen LogP contribution in [0.4, 0.5) is 5.69 Å². The quantitative estimate of drug-likeness (QED) is 0.583. The second-order valence-electron chi connectivity index (χ2n) is 2.63. The van der Waals surface area contributed by atoms with Gasteiger partial charge in [-0.25, -0.2) is 0 Å². The standard InChI is InChI=1S/C9H10N2O3/c1-2-10-9(12)7-5-3-4-6-8(7)11(13)14/h3-6H,2H2,1H3,(H,10,12). The van der Waals surface area contributed by atoms with Crippen molar-refractivity contribution in [3.63, 3.8) is 0 Å². The van der Waals surface area contributed by atoms with Crippen molar-refractivity contribution in [1.82, 2.24) is 5.32 Å². The van der Waals surface area contributed by atoms with Gasteiger partial charge in [0.05, 0.1) is 4.92 Å². The minimum Gasteiger partial charge on any atom is -0.352 e. The fourth-order valence-corrected chi connectivity index (χ4v) is 1.08. The molecule has 1 aromatic rings. The van der Waals surface area contributed by atoms with Crippen molar-refractivity contribution in [3.05, 3.63) is 39.9 Å². The number of carbonyl (C=O) groups excluding carboxylic acids is 1. The third kappa shape index (κ3) is 2.07. The second-order valence-corrected chi connectivity index (χ2v) is 2.63. The molecule has 1 aromatic carbocycles. The molecule has 0 saturated carbocycles. The van der Waals surface area contributed by atoms with Gasteiger partial charge >= 0.3 is 0 Å². The zero-order valence-electron chi connectivity index (χ0n) is 7.69. The molecule has 14 heavy (non-hydrogen) atoms. The molecule has 1 rings (SSSR count). The number of hydrogen-bond acceptors (Lipinski definition) is 3. The fraction of sp³-hybridized carbons (Fsp3) is 0.222. The van der Waals surface area contributed by atoms with Gasteiger partial charge in [0.25, 0.3) is 11.6 Å². The van der Waals surface area contributed by atoms with Crippen molar-refractivity contribution in [2.45, 2.75) is 6.92 Å². The smallest absolute Gasteiger partial charge is 0.282 e. The number of nitrogens with zero attached hydrogens (tertiary/aromatic N) is 1. The van der Waals surface area contributed by atoms with Crippen LogP contribution in [0.15, 0.2) is 24.3 Å². The lowest BCUT2D eigenvalue weighted by Crippen LogP contribution is -2.23. The van der Waals surface area contributed by atoms with Gasteiger partial charge in [-0.3, -0.25) is 14.9 Å². The average molecular weight is 194 g/mol. The van der Waals surface area contributed by atoms with Crippen molar-refractivity contribution in [3.8, 4) is 0 Å². The molecule has 0 radical (unpaired) electrons. The Hall–Kier alpha value is -1.91. The van der Waals surface area contributed by atoms with E-state index < -0.39 is 10.8 Å². The Morgan fingerprint density at radius 1 is 1.50 bits per heavy atom. The summed E-state index contributed by atoms with van der Waals surface area (Å²) in [7, 11) is 0. The highest BCUT2D eigenvalue weighted by atomic mass is 16.6. The zero-order chi connectivity index (χ0) is 10.6. The fourth-order valence-electron chi connectivity index (χ4n) is 1.08. The first-order chi connectivity index (χ1) is 6.66. The topological polar surface area (TPSA) is 72.2 Å². The van der Waals surface area contributed by atoms with Gasteiger partial charge in [-0.2, -0.15) is 0 Å². The Labute approximate surface area is 80.9 Å². The van der Waals surface area contributed by atoms with E-state index in [9.17, 15) is 14.9 Å². The monoisotopic (exact) mass is 194 g/mol. The largest absolute Gasteiger partial charge is 0.352 e. The maximum atomic E-state index is 11.4. The van der Waals surface area contributed by atoms with Crippen LogP contribution in [0.3, 0.4) is 0 Å². The van der Waals surface area contributed by atoms with Crippen molar-refractivity contribution in [2.24, 2.45) is 0 Å². The normalized spacial score (nSPS) is 9.50. The second kappa shape index (κ2) is 4.36. The lowest BCUT2D eigenvalue weighted by Gasteiger charge is -2.02. The van der Waals surface area contributed by atoms with Gasteiger partial charge in [-0.15, -0.1) is 0 Å². The molecule has 0 atom stereocenters. The molecule has 0 bridgehead atoms. The van der Waals surface area contributed by atoms with E-state index in [4.69, 9.17) is 0 Å². The van der Waals surface area contributed by atoms with Gasteiger partial charge in [0, 0.05) is 12.6 Å². The number of nitro benzene ring substituents is 1. The molecular weight excluding hydrogens is 184 g/mol. The maximum absolute atomic E-state index is 11.4. The summed E-state index contributed by atoms with van der Waals surface area (Å²) in [6.07, 6.45) is 0. The predicted molar refractivity (Wildman–Crippen MR) is 51.1 cm³/mol. The summed E-state index contributed by atoms with van der Waals surface area (Å²) in [6, 6.07) is 5.87. The van der Waals surface area contributed by atoms with Crippen LogP contribution in [0, 0.1) is 10.1 Å². The van der Waals surface area contributed by atoms with Crippen molar-refractivity contribution >= 4 is 11.6 Å². The van der Waals surface area contributed by atoms with Crippen LogP contribution in [0.2, 0.25) is 0 Å². The van der Waals surface area contributed by atoms with Crippen LogP contribution >= 0.6 is 0 Å². The SMILES string of the molecule is CCNC(=O)c1ccccc1[N+](=O)[O-]. The number of para-hydroxylation sites is 1. The summed E-state index contributed by atoms with van der Waals surface area (Å²) in [6.45, 7) is 2.21. The molecule has 0 aliphatic heterocycles. The highest BCUT2D eigenvalue weighted by molar-refractivity contribution is 5.98. The molecule has 0 aliphatic rings. The molecule has 0 spiro atoms. The molecule has 0 heterocycles. The number of hydrogen-bond donors (Lipinski definition) is 1. The van der Waals surface area contributed by atoms with Crippen molar-refractivity contribution < 1.29 is 9.72 Å². The summed E-state index contributed by atoms with van der Waals surface area (Å²) in [5.41, 5.74) is -0.0715. The Balaban J connectivity index is 3.07. The van der Waals surface area contributed by atoms with Crippen LogP contribution in [-0.2, 0) is 0 Å². The number of rotatable bonds is 3. The van der Waals surface area contributed by atoms with Gasteiger partial charge in [-0.1, -0.05) is 12.1 Å².